The van der Waals surface area contributed by atoms with E-state index < -0.39 is 17.0 Å². The topological polar surface area (TPSA) is 61.8 Å². The van der Waals surface area contributed by atoms with Crippen LogP contribution in [-0.4, -0.2) is 27.1 Å². The molecule has 0 radical (unpaired) electrons. The summed E-state index contributed by atoms with van der Waals surface area (Å²) in [6.45, 7) is 2.07. The molecule has 1 fully saturated rings. The van der Waals surface area contributed by atoms with Gasteiger partial charge in [0, 0.05) is 17.1 Å². The van der Waals surface area contributed by atoms with Gasteiger partial charge in [0.25, 0.3) is 0 Å². The van der Waals surface area contributed by atoms with Crippen LogP contribution in [0.25, 0.3) is 0 Å². The summed E-state index contributed by atoms with van der Waals surface area (Å²) in [5, 5.41) is 2.85. The zero-order valence-corrected chi connectivity index (χ0v) is 20.6. The Morgan fingerprint density at radius 2 is 1.78 bits per heavy atom. The summed E-state index contributed by atoms with van der Waals surface area (Å²) in [5.74, 6) is -0.664. The molecule has 0 aromatic heterocycles. The van der Waals surface area contributed by atoms with E-state index in [0.717, 1.165) is 35.0 Å². The van der Waals surface area contributed by atoms with Crippen LogP contribution in [0.1, 0.15) is 23.1 Å². The van der Waals surface area contributed by atoms with Crippen LogP contribution in [0, 0.1) is 6.92 Å². The van der Waals surface area contributed by atoms with Crippen LogP contribution in [0.2, 0.25) is 5.02 Å². The minimum Gasteiger partial charge on any atom is -0.326 e. The van der Waals surface area contributed by atoms with E-state index in [0.29, 0.717) is 15.9 Å². The van der Waals surface area contributed by atoms with Gasteiger partial charge in [0.05, 0.1) is 17.8 Å². The van der Waals surface area contributed by atoms with Gasteiger partial charge < -0.3 is 5.32 Å². The molecule has 4 rings (SSSR count). The molecule has 3 aromatic rings. The second-order valence-corrected chi connectivity index (χ2v) is 9.75. The molecule has 1 aliphatic rings. The van der Waals surface area contributed by atoms with Crippen molar-refractivity contribution < 1.29 is 22.8 Å². The first-order valence-electron chi connectivity index (χ1n) is 10.9. The molecule has 5 nitrogen and oxygen atoms in total. The second-order valence-electron chi connectivity index (χ2n) is 8.17. The maximum atomic E-state index is 13.3. The van der Waals surface area contributed by atoms with Crippen LogP contribution >= 0.6 is 23.4 Å². The van der Waals surface area contributed by atoms with Crippen LogP contribution < -0.4 is 5.32 Å². The third-order valence-electron chi connectivity index (χ3n) is 5.45. The van der Waals surface area contributed by atoms with Crippen molar-refractivity contribution in [3.63, 3.8) is 0 Å². The number of halogens is 4. The lowest BCUT2D eigenvalue weighted by atomic mass is 10.2. The maximum absolute atomic E-state index is 13.3. The highest BCUT2D eigenvalue weighted by molar-refractivity contribution is 8.15. The Morgan fingerprint density at radius 1 is 1.08 bits per heavy atom. The van der Waals surface area contributed by atoms with Crippen LogP contribution in [-0.2, 0) is 22.3 Å². The summed E-state index contributed by atoms with van der Waals surface area (Å²) < 4.78 is 38.7. The number of thioether (sulfide) groups is 1. The van der Waals surface area contributed by atoms with E-state index in [4.69, 9.17) is 11.6 Å². The third kappa shape index (κ3) is 6.27. The minimum atomic E-state index is -4.46. The number of carbonyl (C=O) groups is 2. The Hall–Kier alpha value is -3.30. The highest BCUT2D eigenvalue weighted by Gasteiger charge is 2.39. The third-order valence-corrected chi connectivity index (χ3v) is 7.03. The fourth-order valence-electron chi connectivity index (χ4n) is 3.52. The van der Waals surface area contributed by atoms with E-state index in [9.17, 15) is 22.8 Å². The molecule has 186 valence electrons. The van der Waals surface area contributed by atoms with Crippen LogP contribution in [0.5, 0.6) is 0 Å². The maximum Gasteiger partial charge on any atom is 0.416 e. The molecule has 0 spiro atoms. The highest BCUT2D eigenvalue weighted by Crippen LogP contribution is 2.35. The first-order valence-corrected chi connectivity index (χ1v) is 12.2. The van der Waals surface area contributed by atoms with E-state index in [1.54, 1.807) is 18.2 Å². The molecule has 1 heterocycles. The number of alkyl halides is 3. The average Bonchev–Trinajstić information content (AvgIpc) is 3.10. The summed E-state index contributed by atoms with van der Waals surface area (Å²) in [4.78, 5) is 31.8. The molecule has 2 amide bonds. The number of rotatable bonds is 6. The van der Waals surface area contributed by atoms with Crippen molar-refractivity contribution in [3.05, 3.63) is 94.5 Å². The minimum absolute atomic E-state index is 0.105. The lowest BCUT2D eigenvalue weighted by Crippen LogP contribution is -2.33. The van der Waals surface area contributed by atoms with Crippen molar-refractivity contribution in [3.8, 4) is 0 Å². The number of nitrogens with one attached hydrogen (secondary N) is 1. The van der Waals surface area contributed by atoms with E-state index in [1.165, 1.54) is 17.0 Å². The number of benzene rings is 3. The Morgan fingerprint density at radius 3 is 2.42 bits per heavy atom. The largest absolute Gasteiger partial charge is 0.416 e. The van der Waals surface area contributed by atoms with E-state index in [1.807, 2.05) is 37.3 Å². The van der Waals surface area contributed by atoms with Crippen molar-refractivity contribution in [1.82, 2.24) is 4.90 Å². The molecule has 0 unspecified atom stereocenters. The monoisotopic (exact) mass is 531 g/mol. The van der Waals surface area contributed by atoms with Crippen LogP contribution in [0.3, 0.4) is 0 Å². The highest BCUT2D eigenvalue weighted by atomic mass is 35.5. The molecule has 1 atom stereocenters. The number of hydrogen-bond donors (Lipinski definition) is 1. The predicted octanol–water partition coefficient (Wildman–Crippen LogP) is 6.83. The number of hydrogen-bond acceptors (Lipinski definition) is 4. The summed E-state index contributed by atoms with van der Waals surface area (Å²) in [5.41, 5.74) is 1.73. The smallest absolute Gasteiger partial charge is 0.326 e. The molecule has 1 aliphatic heterocycles. The van der Waals surface area contributed by atoms with Crippen molar-refractivity contribution in [2.24, 2.45) is 4.99 Å². The molecule has 0 bridgehead atoms. The summed E-state index contributed by atoms with van der Waals surface area (Å²) in [6.07, 6.45) is -4.56. The van der Waals surface area contributed by atoms with Crippen LogP contribution in [0.4, 0.5) is 24.5 Å². The first-order chi connectivity index (χ1) is 17.1. The fourth-order valence-corrected chi connectivity index (χ4v) is 4.86. The predicted molar refractivity (Wildman–Crippen MR) is 136 cm³/mol. The molecule has 10 heteroatoms. The SMILES string of the molecule is Cc1ccc(NC(=O)C[C@@H]2SC(=Nc3ccc(C(F)(F)F)cc3)N(Cc3ccccc3)C2=O)cc1Cl. The summed E-state index contributed by atoms with van der Waals surface area (Å²) in [6, 6.07) is 18.8. The molecule has 3 aromatic carbocycles. The molecule has 36 heavy (non-hydrogen) atoms. The summed E-state index contributed by atoms with van der Waals surface area (Å²) >= 11 is 7.24. The first kappa shape index (κ1) is 25.8. The Bertz CT molecular complexity index is 1300. The van der Waals surface area contributed by atoms with Gasteiger partial charge in [-0.2, -0.15) is 13.2 Å². The molecule has 0 aliphatic carbocycles. The van der Waals surface area contributed by atoms with Crippen molar-refractivity contribution >= 4 is 51.7 Å². The number of carbonyl (C=O) groups excluding carboxylic acids is 2. The van der Waals surface area contributed by atoms with Crippen molar-refractivity contribution in [2.45, 2.75) is 31.3 Å². The zero-order chi connectivity index (χ0) is 25.9. The van der Waals surface area contributed by atoms with Crippen molar-refractivity contribution in [1.29, 1.82) is 0 Å². The van der Waals surface area contributed by atoms with Gasteiger partial charge in [-0.3, -0.25) is 14.5 Å². The van der Waals surface area contributed by atoms with Crippen LogP contribution in [0.15, 0.2) is 77.8 Å². The zero-order valence-electron chi connectivity index (χ0n) is 19.1. The van der Waals surface area contributed by atoms with Gasteiger partial charge >= 0.3 is 6.18 Å². The van der Waals surface area contributed by atoms with Gasteiger partial charge in [-0.15, -0.1) is 0 Å². The molecular weight excluding hydrogens is 511 g/mol. The quantitative estimate of drug-likeness (QED) is 0.379. The van der Waals surface area contributed by atoms with E-state index >= 15 is 0 Å². The Balaban J connectivity index is 1.55. The number of aliphatic imine (C=N–C) groups is 1. The Kier molecular flexibility index (Phi) is 7.70. The van der Waals surface area contributed by atoms with Crippen molar-refractivity contribution in [2.75, 3.05) is 5.32 Å². The molecule has 1 N–H and O–H groups in total. The van der Waals surface area contributed by atoms with Gasteiger partial charge in [0.1, 0.15) is 5.25 Å². The number of nitrogens with zero attached hydrogens (tertiary/aromatic N) is 2. The van der Waals surface area contributed by atoms with Gasteiger partial charge in [0.15, 0.2) is 5.17 Å². The second kappa shape index (κ2) is 10.8. The van der Waals surface area contributed by atoms with Gasteiger partial charge in [0.2, 0.25) is 11.8 Å². The van der Waals surface area contributed by atoms with Gasteiger partial charge in [-0.25, -0.2) is 4.99 Å². The number of amidine groups is 1. The lowest BCUT2D eigenvalue weighted by molar-refractivity contribution is -0.137. The normalized spacial score (nSPS) is 17.0. The van der Waals surface area contributed by atoms with E-state index in [-0.39, 0.29) is 30.5 Å². The standard InChI is InChI=1S/C26H21ClF3N3O2S/c1-16-7-10-20(13-21(16)27)31-23(34)14-22-24(35)33(15-17-5-3-2-4-6-17)25(36-22)32-19-11-8-18(9-12-19)26(28,29)30/h2-13,22H,14-15H2,1H3,(H,31,34)/t22-/m0/s1. The fraction of sp³-hybridized carbons (Fsp3) is 0.192. The lowest BCUT2D eigenvalue weighted by Gasteiger charge is -2.17. The molecule has 0 saturated carbocycles. The van der Waals surface area contributed by atoms with Gasteiger partial charge in [-0.1, -0.05) is 59.8 Å². The number of aryl methyl sites for hydroxylation is 1. The van der Waals surface area contributed by atoms with Gasteiger partial charge in [-0.05, 0) is 54.4 Å². The molecule has 1 saturated heterocycles. The Labute approximate surface area is 215 Å². The average molecular weight is 532 g/mol. The van der Waals surface area contributed by atoms with E-state index in [2.05, 4.69) is 10.3 Å². The molecular formula is C26H21ClF3N3O2S. The number of anilines is 1. The number of amides is 2. The summed E-state index contributed by atoms with van der Waals surface area (Å²) in [7, 11) is 0.